The predicted octanol–water partition coefficient (Wildman–Crippen LogP) is 1.36. The monoisotopic (exact) mass is 208 g/mol. The molecule has 0 aliphatic heterocycles. The molecule has 0 saturated carbocycles. The van der Waals surface area contributed by atoms with Crippen LogP contribution < -0.4 is 11.1 Å². The van der Waals surface area contributed by atoms with Gasteiger partial charge in [-0.25, -0.2) is 0 Å². The van der Waals surface area contributed by atoms with E-state index in [-0.39, 0.29) is 11.9 Å². The minimum absolute atomic E-state index is 0.164. The van der Waals surface area contributed by atoms with Gasteiger partial charge in [0.2, 0.25) is 5.91 Å². The summed E-state index contributed by atoms with van der Waals surface area (Å²) in [5.41, 5.74) is 5.62. The van der Waals surface area contributed by atoms with Crippen molar-refractivity contribution in [3.05, 3.63) is 36.8 Å². The third-order valence-electron chi connectivity index (χ3n) is 2.09. The van der Waals surface area contributed by atoms with E-state index in [1.165, 1.54) is 0 Å². The van der Waals surface area contributed by atoms with Gasteiger partial charge in [-0.2, -0.15) is 0 Å². The van der Waals surface area contributed by atoms with Crippen molar-refractivity contribution in [1.82, 2.24) is 5.32 Å². The standard InChI is InChI=1S/C11H16N2O2/c1-3-5-9(12)11(14)13-8(2)10-6-4-7-15-10/h3-4,6-9H,1,5,12H2,2H3,(H,13,14)/t8-,9?/m0/s1. The molecule has 3 N–H and O–H groups in total. The van der Waals surface area contributed by atoms with Gasteiger partial charge >= 0.3 is 0 Å². The minimum Gasteiger partial charge on any atom is -0.467 e. The lowest BCUT2D eigenvalue weighted by atomic mass is 10.2. The van der Waals surface area contributed by atoms with Crippen molar-refractivity contribution in [2.75, 3.05) is 0 Å². The van der Waals surface area contributed by atoms with E-state index in [1.54, 1.807) is 18.4 Å². The molecule has 4 nitrogen and oxygen atoms in total. The van der Waals surface area contributed by atoms with Gasteiger partial charge in [0.1, 0.15) is 5.76 Å². The van der Waals surface area contributed by atoms with Crippen LogP contribution in [0.2, 0.25) is 0 Å². The van der Waals surface area contributed by atoms with Gasteiger partial charge in [0.05, 0.1) is 18.3 Å². The summed E-state index contributed by atoms with van der Waals surface area (Å²) in [7, 11) is 0. The molecule has 1 heterocycles. The Morgan fingerprint density at radius 1 is 1.80 bits per heavy atom. The average Bonchev–Trinajstić information content (AvgIpc) is 2.70. The summed E-state index contributed by atoms with van der Waals surface area (Å²) in [5.74, 6) is 0.521. The molecule has 0 aliphatic rings. The van der Waals surface area contributed by atoms with Crippen LogP contribution in [-0.2, 0) is 4.79 Å². The second-order valence-electron chi connectivity index (χ2n) is 3.38. The summed E-state index contributed by atoms with van der Waals surface area (Å²) in [6.45, 7) is 5.38. The van der Waals surface area contributed by atoms with Gasteiger partial charge in [0.25, 0.3) is 0 Å². The molecule has 82 valence electrons. The van der Waals surface area contributed by atoms with Gasteiger partial charge in [0, 0.05) is 0 Å². The number of amides is 1. The second-order valence-corrected chi connectivity index (χ2v) is 3.38. The predicted molar refractivity (Wildman–Crippen MR) is 58.1 cm³/mol. The largest absolute Gasteiger partial charge is 0.467 e. The Labute approximate surface area is 89.1 Å². The Bertz CT molecular complexity index is 319. The number of carbonyl (C=O) groups excluding carboxylic acids is 1. The summed E-state index contributed by atoms with van der Waals surface area (Å²) in [5, 5.41) is 2.76. The fraction of sp³-hybridized carbons (Fsp3) is 0.364. The fourth-order valence-electron chi connectivity index (χ4n) is 1.22. The smallest absolute Gasteiger partial charge is 0.237 e. The quantitative estimate of drug-likeness (QED) is 0.718. The maximum Gasteiger partial charge on any atom is 0.237 e. The molecule has 0 aromatic carbocycles. The third-order valence-corrected chi connectivity index (χ3v) is 2.09. The van der Waals surface area contributed by atoms with E-state index in [0.717, 1.165) is 0 Å². The number of nitrogens with two attached hydrogens (primary N) is 1. The van der Waals surface area contributed by atoms with Crippen LogP contribution in [0.15, 0.2) is 35.5 Å². The zero-order valence-electron chi connectivity index (χ0n) is 8.77. The summed E-state index contributed by atoms with van der Waals surface area (Å²) in [6, 6.07) is 2.88. The number of furan rings is 1. The zero-order chi connectivity index (χ0) is 11.3. The molecule has 0 saturated heterocycles. The Balaban J connectivity index is 2.48. The molecular formula is C11H16N2O2. The van der Waals surface area contributed by atoms with Crippen LogP contribution in [0.5, 0.6) is 0 Å². The molecule has 2 atom stereocenters. The Morgan fingerprint density at radius 2 is 2.53 bits per heavy atom. The van der Waals surface area contributed by atoms with Crippen molar-refractivity contribution in [3.8, 4) is 0 Å². The SMILES string of the molecule is C=CCC(N)C(=O)N[C@@H](C)c1ccco1. The molecule has 1 aromatic rings. The lowest BCUT2D eigenvalue weighted by Crippen LogP contribution is -2.41. The molecule has 0 fully saturated rings. The summed E-state index contributed by atoms with van der Waals surface area (Å²) in [6.07, 6.45) is 3.67. The van der Waals surface area contributed by atoms with Gasteiger partial charge in [-0.3, -0.25) is 4.79 Å². The lowest BCUT2D eigenvalue weighted by molar-refractivity contribution is -0.123. The Hall–Kier alpha value is -1.55. The maximum atomic E-state index is 11.5. The van der Waals surface area contributed by atoms with Crippen molar-refractivity contribution >= 4 is 5.91 Å². The molecular weight excluding hydrogens is 192 g/mol. The van der Waals surface area contributed by atoms with E-state index in [1.807, 2.05) is 13.0 Å². The minimum atomic E-state index is -0.542. The van der Waals surface area contributed by atoms with Crippen molar-refractivity contribution in [2.45, 2.75) is 25.4 Å². The molecule has 1 unspecified atom stereocenters. The van der Waals surface area contributed by atoms with Crippen molar-refractivity contribution in [3.63, 3.8) is 0 Å². The van der Waals surface area contributed by atoms with Gasteiger partial charge in [-0.15, -0.1) is 6.58 Å². The molecule has 0 radical (unpaired) electrons. The molecule has 0 bridgehead atoms. The highest BCUT2D eigenvalue weighted by Crippen LogP contribution is 2.12. The van der Waals surface area contributed by atoms with Gasteiger partial charge in [-0.05, 0) is 25.5 Å². The van der Waals surface area contributed by atoms with Gasteiger partial charge in [-0.1, -0.05) is 6.08 Å². The van der Waals surface area contributed by atoms with Crippen LogP contribution >= 0.6 is 0 Å². The Morgan fingerprint density at radius 3 is 3.07 bits per heavy atom. The zero-order valence-corrected chi connectivity index (χ0v) is 8.77. The van der Waals surface area contributed by atoms with Crippen LogP contribution in [-0.4, -0.2) is 11.9 Å². The van der Waals surface area contributed by atoms with Crippen LogP contribution in [0.4, 0.5) is 0 Å². The van der Waals surface area contributed by atoms with E-state index in [0.29, 0.717) is 12.2 Å². The Kier molecular flexibility index (Phi) is 4.12. The second kappa shape index (κ2) is 5.36. The molecule has 1 amide bonds. The van der Waals surface area contributed by atoms with Crippen LogP contribution in [0, 0.1) is 0 Å². The van der Waals surface area contributed by atoms with Crippen LogP contribution in [0.25, 0.3) is 0 Å². The van der Waals surface area contributed by atoms with Crippen molar-refractivity contribution in [1.29, 1.82) is 0 Å². The number of rotatable bonds is 5. The molecule has 4 heteroatoms. The maximum absolute atomic E-state index is 11.5. The highest BCUT2D eigenvalue weighted by molar-refractivity contribution is 5.81. The molecule has 1 aromatic heterocycles. The fourth-order valence-corrected chi connectivity index (χ4v) is 1.22. The molecule has 0 spiro atoms. The van der Waals surface area contributed by atoms with Crippen LogP contribution in [0.3, 0.4) is 0 Å². The highest BCUT2D eigenvalue weighted by Gasteiger charge is 2.16. The normalized spacial score (nSPS) is 14.3. The summed E-state index contributed by atoms with van der Waals surface area (Å²) < 4.78 is 5.16. The summed E-state index contributed by atoms with van der Waals surface area (Å²) >= 11 is 0. The van der Waals surface area contributed by atoms with Crippen LogP contribution in [0.1, 0.15) is 25.1 Å². The van der Waals surface area contributed by atoms with Gasteiger partial charge < -0.3 is 15.5 Å². The van der Waals surface area contributed by atoms with E-state index in [2.05, 4.69) is 11.9 Å². The topological polar surface area (TPSA) is 68.3 Å². The first-order valence-corrected chi connectivity index (χ1v) is 4.85. The molecule has 15 heavy (non-hydrogen) atoms. The number of carbonyl (C=O) groups is 1. The third kappa shape index (κ3) is 3.25. The van der Waals surface area contributed by atoms with Gasteiger partial charge in [0.15, 0.2) is 0 Å². The van der Waals surface area contributed by atoms with E-state index >= 15 is 0 Å². The highest BCUT2D eigenvalue weighted by atomic mass is 16.3. The van der Waals surface area contributed by atoms with E-state index in [9.17, 15) is 4.79 Å². The van der Waals surface area contributed by atoms with Crippen molar-refractivity contribution < 1.29 is 9.21 Å². The number of hydrogen-bond donors (Lipinski definition) is 2. The lowest BCUT2D eigenvalue weighted by Gasteiger charge is -2.14. The van der Waals surface area contributed by atoms with E-state index < -0.39 is 6.04 Å². The number of nitrogens with one attached hydrogen (secondary N) is 1. The summed E-state index contributed by atoms with van der Waals surface area (Å²) in [4.78, 5) is 11.5. The molecule has 1 rings (SSSR count). The average molecular weight is 208 g/mol. The first kappa shape index (κ1) is 11.5. The van der Waals surface area contributed by atoms with E-state index in [4.69, 9.17) is 10.2 Å². The first-order chi connectivity index (χ1) is 7.15. The van der Waals surface area contributed by atoms with Crippen molar-refractivity contribution in [2.24, 2.45) is 5.73 Å². The number of hydrogen-bond acceptors (Lipinski definition) is 3. The first-order valence-electron chi connectivity index (χ1n) is 4.85. The molecule has 0 aliphatic carbocycles.